The van der Waals surface area contributed by atoms with Crippen LogP contribution in [0.25, 0.3) is 0 Å². The minimum atomic E-state index is -0.145. The molecular formula is C13H13Cl2N3OS. The average molecular weight is 330 g/mol. The Kier molecular flexibility index (Phi) is 5.37. The molecule has 0 saturated heterocycles. The Morgan fingerprint density at radius 2 is 2.15 bits per heavy atom. The van der Waals surface area contributed by atoms with E-state index in [4.69, 9.17) is 28.9 Å². The van der Waals surface area contributed by atoms with Crippen LogP contribution in [0.5, 0.6) is 0 Å². The van der Waals surface area contributed by atoms with E-state index in [0.29, 0.717) is 22.3 Å². The van der Waals surface area contributed by atoms with Crippen molar-refractivity contribution in [1.82, 2.24) is 4.98 Å². The molecule has 0 fully saturated rings. The summed E-state index contributed by atoms with van der Waals surface area (Å²) < 4.78 is 0. The normalized spacial score (nSPS) is 10.6. The predicted molar refractivity (Wildman–Crippen MR) is 83.7 cm³/mol. The van der Waals surface area contributed by atoms with Crippen molar-refractivity contribution in [2.45, 2.75) is 12.8 Å². The van der Waals surface area contributed by atoms with E-state index in [1.54, 1.807) is 18.2 Å². The fourth-order valence-electron chi connectivity index (χ4n) is 1.61. The van der Waals surface area contributed by atoms with Crippen LogP contribution in [-0.4, -0.2) is 17.4 Å². The smallest absolute Gasteiger partial charge is 0.230 e. The summed E-state index contributed by atoms with van der Waals surface area (Å²) in [7, 11) is 0. The molecule has 1 heterocycles. The fourth-order valence-corrected chi connectivity index (χ4v) is 2.72. The zero-order valence-electron chi connectivity index (χ0n) is 10.5. The Balaban J connectivity index is 1.95. The van der Waals surface area contributed by atoms with Crippen LogP contribution in [0.1, 0.15) is 10.7 Å². The van der Waals surface area contributed by atoms with Gasteiger partial charge in [-0.05, 0) is 24.7 Å². The second-order valence-electron chi connectivity index (χ2n) is 4.13. The Bertz CT molecular complexity index is 615. The van der Waals surface area contributed by atoms with Gasteiger partial charge in [-0.3, -0.25) is 4.79 Å². The molecular weight excluding hydrogens is 317 g/mol. The highest BCUT2D eigenvalue weighted by atomic mass is 35.5. The maximum atomic E-state index is 11.9. The highest BCUT2D eigenvalue weighted by Gasteiger charge is 2.09. The second-order valence-corrected chi connectivity index (χ2v) is 5.88. The Morgan fingerprint density at radius 1 is 1.35 bits per heavy atom. The number of nitrogens with zero attached hydrogens (tertiary/aromatic N) is 1. The predicted octanol–water partition coefficient (Wildman–Crippen LogP) is 3.13. The first kappa shape index (κ1) is 15.3. The van der Waals surface area contributed by atoms with Gasteiger partial charge in [0.1, 0.15) is 0 Å². The van der Waals surface area contributed by atoms with Crippen LogP contribution in [0.2, 0.25) is 10.0 Å². The monoisotopic (exact) mass is 329 g/mol. The van der Waals surface area contributed by atoms with Gasteiger partial charge in [-0.15, -0.1) is 11.3 Å². The molecule has 106 valence electrons. The lowest BCUT2D eigenvalue weighted by Gasteiger charge is -2.05. The summed E-state index contributed by atoms with van der Waals surface area (Å²) in [6.07, 6.45) is 0.959. The Labute approximate surface area is 130 Å². The van der Waals surface area contributed by atoms with Gasteiger partial charge in [0.05, 0.1) is 27.2 Å². The van der Waals surface area contributed by atoms with Crippen LogP contribution in [0.4, 0.5) is 5.69 Å². The minimum absolute atomic E-state index is 0.145. The van der Waals surface area contributed by atoms with Crippen LogP contribution < -0.4 is 11.1 Å². The van der Waals surface area contributed by atoms with Crippen LogP contribution >= 0.6 is 34.5 Å². The molecule has 0 unspecified atom stereocenters. The number of nitrogens with one attached hydrogen (secondary N) is 1. The third-order valence-corrected chi connectivity index (χ3v) is 4.20. The van der Waals surface area contributed by atoms with Crippen molar-refractivity contribution in [2.24, 2.45) is 5.73 Å². The highest BCUT2D eigenvalue weighted by Crippen LogP contribution is 2.25. The van der Waals surface area contributed by atoms with Crippen molar-refractivity contribution >= 4 is 46.1 Å². The number of benzene rings is 1. The number of amides is 1. The first-order valence-corrected chi connectivity index (χ1v) is 7.60. The number of aromatic nitrogens is 1. The van der Waals surface area contributed by atoms with Crippen molar-refractivity contribution in [3.05, 3.63) is 44.3 Å². The quantitative estimate of drug-likeness (QED) is 0.885. The first-order chi connectivity index (χ1) is 9.58. The first-order valence-electron chi connectivity index (χ1n) is 5.96. The summed E-state index contributed by atoms with van der Waals surface area (Å²) in [6.45, 7) is 0.558. The number of hydrogen-bond donors (Lipinski definition) is 2. The van der Waals surface area contributed by atoms with E-state index in [1.165, 1.54) is 11.3 Å². The zero-order valence-corrected chi connectivity index (χ0v) is 12.9. The van der Waals surface area contributed by atoms with Crippen molar-refractivity contribution in [2.75, 3.05) is 11.9 Å². The van der Waals surface area contributed by atoms with Gasteiger partial charge in [0.25, 0.3) is 0 Å². The summed E-state index contributed by atoms with van der Waals surface area (Å²) in [4.78, 5) is 16.2. The molecule has 4 nitrogen and oxygen atoms in total. The standard InChI is InChI=1S/C13H13Cl2N3OS/c14-10-2-1-8(5-11(10)15)17-12(19)6-9-7-20-13(18-9)3-4-16/h1-2,5,7H,3-4,6,16H2,(H,17,19). The molecule has 0 spiro atoms. The molecule has 1 amide bonds. The van der Waals surface area contributed by atoms with Crippen molar-refractivity contribution < 1.29 is 4.79 Å². The van der Waals surface area contributed by atoms with E-state index < -0.39 is 0 Å². The largest absolute Gasteiger partial charge is 0.330 e. The molecule has 0 atom stereocenters. The summed E-state index contributed by atoms with van der Waals surface area (Å²) >= 11 is 13.2. The summed E-state index contributed by atoms with van der Waals surface area (Å²) in [6, 6.07) is 4.96. The van der Waals surface area contributed by atoms with Crippen LogP contribution in [0, 0.1) is 0 Å². The van der Waals surface area contributed by atoms with E-state index >= 15 is 0 Å². The van der Waals surface area contributed by atoms with Gasteiger partial charge in [0, 0.05) is 17.5 Å². The van der Waals surface area contributed by atoms with Gasteiger partial charge in [-0.25, -0.2) is 4.98 Å². The lowest BCUT2D eigenvalue weighted by atomic mass is 10.3. The van der Waals surface area contributed by atoms with E-state index in [9.17, 15) is 4.79 Å². The lowest BCUT2D eigenvalue weighted by Crippen LogP contribution is -2.14. The molecule has 1 aromatic heterocycles. The van der Waals surface area contributed by atoms with Gasteiger partial charge in [-0.2, -0.15) is 0 Å². The number of anilines is 1. The molecule has 7 heteroatoms. The number of nitrogens with two attached hydrogens (primary N) is 1. The molecule has 0 aliphatic rings. The van der Waals surface area contributed by atoms with Gasteiger partial charge in [0.15, 0.2) is 0 Å². The molecule has 0 radical (unpaired) electrons. The van der Waals surface area contributed by atoms with E-state index in [-0.39, 0.29) is 12.3 Å². The molecule has 2 rings (SSSR count). The Morgan fingerprint density at radius 3 is 2.85 bits per heavy atom. The molecule has 2 aromatic rings. The van der Waals surface area contributed by atoms with Crippen LogP contribution in [0.3, 0.4) is 0 Å². The highest BCUT2D eigenvalue weighted by molar-refractivity contribution is 7.09. The van der Waals surface area contributed by atoms with Crippen LogP contribution in [0.15, 0.2) is 23.6 Å². The summed E-state index contributed by atoms with van der Waals surface area (Å²) in [5.41, 5.74) is 6.82. The Hall–Kier alpha value is -1.14. The summed E-state index contributed by atoms with van der Waals surface area (Å²) in [5.74, 6) is -0.145. The SMILES string of the molecule is NCCc1nc(CC(=O)Nc2ccc(Cl)c(Cl)c2)cs1. The maximum absolute atomic E-state index is 11.9. The fraction of sp³-hybridized carbons (Fsp3) is 0.231. The molecule has 1 aromatic carbocycles. The number of hydrogen-bond acceptors (Lipinski definition) is 4. The van der Waals surface area contributed by atoms with Crippen molar-refractivity contribution in [1.29, 1.82) is 0 Å². The number of carbonyl (C=O) groups excluding carboxylic acids is 1. The van der Waals surface area contributed by atoms with E-state index in [2.05, 4.69) is 10.3 Å². The molecule has 0 aliphatic heterocycles. The number of carbonyl (C=O) groups is 1. The third kappa shape index (κ3) is 4.18. The molecule has 0 saturated carbocycles. The van der Waals surface area contributed by atoms with Gasteiger partial charge in [-0.1, -0.05) is 23.2 Å². The molecule has 20 heavy (non-hydrogen) atoms. The van der Waals surface area contributed by atoms with Crippen molar-refractivity contribution in [3.8, 4) is 0 Å². The average Bonchev–Trinajstić information content (AvgIpc) is 2.81. The maximum Gasteiger partial charge on any atom is 0.230 e. The topological polar surface area (TPSA) is 68.0 Å². The molecule has 0 bridgehead atoms. The summed E-state index contributed by atoms with van der Waals surface area (Å²) in [5, 5.41) is 6.44. The van der Waals surface area contributed by atoms with Gasteiger partial charge < -0.3 is 11.1 Å². The van der Waals surface area contributed by atoms with E-state index in [1.807, 2.05) is 5.38 Å². The van der Waals surface area contributed by atoms with Gasteiger partial charge in [0.2, 0.25) is 5.91 Å². The second kappa shape index (κ2) is 7.04. The number of rotatable bonds is 5. The lowest BCUT2D eigenvalue weighted by molar-refractivity contribution is -0.115. The number of halogens is 2. The minimum Gasteiger partial charge on any atom is -0.330 e. The third-order valence-electron chi connectivity index (χ3n) is 2.50. The van der Waals surface area contributed by atoms with Gasteiger partial charge >= 0.3 is 0 Å². The van der Waals surface area contributed by atoms with Crippen molar-refractivity contribution in [3.63, 3.8) is 0 Å². The van der Waals surface area contributed by atoms with Crippen LogP contribution in [-0.2, 0) is 17.6 Å². The zero-order chi connectivity index (χ0) is 14.5. The van der Waals surface area contributed by atoms with E-state index in [0.717, 1.165) is 17.1 Å². The molecule has 0 aliphatic carbocycles. The molecule has 3 N–H and O–H groups in total. The number of thiazole rings is 1.